The fourth-order valence-corrected chi connectivity index (χ4v) is 3.99. The first-order chi connectivity index (χ1) is 12.7. The van der Waals surface area contributed by atoms with Crippen molar-refractivity contribution in [3.8, 4) is 11.5 Å². The predicted molar refractivity (Wildman–Crippen MR) is 103 cm³/mol. The number of ether oxygens (including phenoxy) is 2. The minimum atomic E-state index is 0.0294. The van der Waals surface area contributed by atoms with Crippen LogP contribution in [0.2, 0.25) is 0 Å². The standard InChI is InChI=1S/C21H30N2O3/c1-25-17-10-11-18(20(15-17)26-2)19-9-6-14-23(19)21(24)22-13-12-16-7-4-3-5-8-16/h7,10-11,15,19H,3-6,8-9,12-14H2,1-2H3,(H,22,24). The Labute approximate surface area is 156 Å². The second-order valence-corrected chi connectivity index (χ2v) is 7.05. The van der Waals surface area contributed by atoms with E-state index in [1.54, 1.807) is 14.2 Å². The number of carbonyl (C=O) groups excluding carboxylic acids is 1. The number of amides is 2. The maximum Gasteiger partial charge on any atom is 0.317 e. The zero-order valence-corrected chi connectivity index (χ0v) is 15.9. The van der Waals surface area contributed by atoms with Crippen LogP contribution < -0.4 is 14.8 Å². The van der Waals surface area contributed by atoms with E-state index >= 15 is 0 Å². The number of carbonyl (C=O) groups is 1. The number of urea groups is 1. The maximum atomic E-state index is 12.7. The molecule has 1 atom stereocenters. The van der Waals surface area contributed by atoms with Crippen molar-refractivity contribution in [3.63, 3.8) is 0 Å². The summed E-state index contributed by atoms with van der Waals surface area (Å²) in [6, 6.07) is 5.92. The average molecular weight is 358 g/mol. The molecule has 1 N–H and O–H groups in total. The Kier molecular flexibility index (Phi) is 6.42. The first-order valence-electron chi connectivity index (χ1n) is 9.67. The Morgan fingerprint density at radius 1 is 1.23 bits per heavy atom. The van der Waals surface area contributed by atoms with Crippen molar-refractivity contribution in [2.45, 2.75) is 51.0 Å². The van der Waals surface area contributed by atoms with Gasteiger partial charge < -0.3 is 19.7 Å². The lowest BCUT2D eigenvalue weighted by atomic mass is 9.97. The van der Waals surface area contributed by atoms with Gasteiger partial charge in [0.2, 0.25) is 0 Å². The number of methoxy groups -OCH3 is 2. The highest BCUT2D eigenvalue weighted by molar-refractivity contribution is 5.75. The summed E-state index contributed by atoms with van der Waals surface area (Å²) in [7, 11) is 3.31. The molecule has 0 saturated carbocycles. The third kappa shape index (κ3) is 4.32. The van der Waals surface area contributed by atoms with Gasteiger partial charge in [0.1, 0.15) is 11.5 Å². The summed E-state index contributed by atoms with van der Waals surface area (Å²) in [4.78, 5) is 14.7. The Balaban J connectivity index is 1.62. The molecule has 0 radical (unpaired) electrons. The van der Waals surface area contributed by atoms with Gasteiger partial charge >= 0.3 is 6.03 Å². The highest BCUT2D eigenvalue weighted by Crippen LogP contribution is 2.38. The Hall–Kier alpha value is -2.17. The highest BCUT2D eigenvalue weighted by atomic mass is 16.5. The predicted octanol–water partition coefficient (Wildman–Crippen LogP) is 4.44. The van der Waals surface area contributed by atoms with Gasteiger partial charge in [0.25, 0.3) is 0 Å². The second kappa shape index (κ2) is 8.97. The second-order valence-electron chi connectivity index (χ2n) is 7.05. The van der Waals surface area contributed by atoms with E-state index in [9.17, 15) is 4.79 Å². The van der Waals surface area contributed by atoms with Gasteiger partial charge in [0, 0.05) is 24.7 Å². The fourth-order valence-electron chi connectivity index (χ4n) is 3.99. The molecule has 1 fully saturated rings. The summed E-state index contributed by atoms with van der Waals surface area (Å²) in [5.41, 5.74) is 2.54. The Morgan fingerprint density at radius 3 is 2.85 bits per heavy atom. The number of benzene rings is 1. The summed E-state index contributed by atoms with van der Waals surface area (Å²) in [5.74, 6) is 1.54. The first kappa shape index (κ1) is 18.6. The van der Waals surface area contributed by atoms with Crippen LogP contribution in [0.15, 0.2) is 29.8 Å². The number of hydrogen-bond acceptors (Lipinski definition) is 3. The monoisotopic (exact) mass is 358 g/mol. The largest absolute Gasteiger partial charge is 0.497 e. The van der Waals surface area contributed by atoms with E-state index in [0.29, 0.717) is 6.54 Å². The molecule has 142 valence electrons. The minimum Gasteiger partial charge on any atom is -0.497 e. The quantitative estimate of drug-likeness (QED) is 0.765. The van der Waals surface area contributed by atoms with Crippen molar-refractivity contribution < 1.29 is 14.3 Å². The lowest BCUT2D eigenvalue weighted by molar-refractivity contribution is 0.192. The number of nitrogens with one attached hydrogen (secondary N) is 1. The normalized spacial score (nSPS) is 19.8. The molecule has 1 aliphatic heterocycles. The van der Waals surface area contributed by atoms with Gasteiger partial charge in [0.05, 0.1) is 20.3 Å². The molecule has 1 aliphatic carbocycles. The molecule has 3 rings (SSSR count). The van der Waals surface area contributed by atoms with Crippen molar-refractivity contribution in [2.75, 3.05) is 27.3 Å². The van der Waals surface area contributed by atoms with Gasteiger partial charge in [-0.2, -0.15) is 0 Å². The number of allylic oxidation sites excluding steroid dienone is 1. The zero-order chi connectivity index (χ0) is 18.4. The third-order valence-electron chi connectivity index (χ3n) is 5.42. The number of likely N-dealkylation sites (tertiary alicyclic amines) is 1. The summed E-state index contributed by atoms with van der Waals surface area (Å²) in [5, 5.41) is 3.11. The van der Waals surface area contributed by atoms with Crippen molar-refractivity contribution in [1.82, 2.24) is 10.2 Å². The van der Waals surface area contributed by atoms with E-state index in [2.05, 4.69) is 11.4 Å². The molecular weight excluding hydrogens is 328 g/mol. The molecule has 26 heavy (non-hydrogen) atoms. The summed E-state index contributed by atoms with van der Waals surface area (Å²) in [6.45, 7) is 1.50. The minimum absolute atomic E-state index is 0.0294. The average Bonchev–Trinajstić information content (AvgIpc) is 3.18. The van der Waals surface area contributed by atoms with E-state index in [-0.39, 0.29) is 12.1 Å². The third-order valence-corrected chi connectivity index (χ3v) is 5.42. The molecule has 1 aromatic carbocycles. The van der Waals surface area contributed by atoms with Crippen LogP contribution in [0, 0.1) is 0 Å². The maximum absolute atomic E-state index is 12.7. The number of hydrogen-bond donors (Lipinski definition) is 1. The fraction of sp³-hybridized carbons (Fsp3) is 0.571. The summed E-state index contributed by atoms with van der Waals surface area (Å²) >= 11 is 0. The molecule has 0 spiro atoms. The van der Waals surface area contributed by atoms with Crippen LogP contribution in [0.25, 0.3) is 0 Å². The van der Waals surface area contributed by atoms with E-state index < -0.39 is 0 Å². The summed E-state index contributed by atoms with van der Waals surface area (Å²) in [6.07, 6.45) is 10.2. The van der Waals surface area contributed by atoms with Crippen molar-refractivity contribution in [1.29, 1.82) is 0 Å². The van der Waals surface area contributed by atoms with Gasteiger partial charge in [-0.1, -0.05) is 11.6 Å². The molecule has 0 bridgehead atoms. The van der Waals surface area contributed by atoms with Crippen LogP contribution in [0.5, 0.6) is 11.5 Å². The Bertz CT molecular complexity index is 657. The van der Waals surface area contributed by atoms with E-state index in [1.165, 1.54) is 31.3 Å². The molecule has 1 unspecified atom stereocenters. The van der Waals surface area contributed by atoms with Gasteiger partial charge in [-0.25, -0.2) is 4.79 Å². The number of rotatable bonds is 6. The van der Waals surface area contributed by atoms with Crippen molar-refractivity contribution >= 4 is 6.03 Å². The lowest BCUT2D eigenvalue weighted by Crippen LogP contribution is -2.40. The lowest BCUT2D eigenvalue weighted by Gasteiger charge is -2.27. The SMILES string of the molecule is COc1ccc(C2CCCN2C(=O)NCCC2=CCCCC2)c(OC)c1. The molecule has 2 amide bonds. The van der Waals surface area contributed by atoms with Crippen LogP contribution in [0.1, 0.15) is 56.6 Å². The van der Waals surface area contributed by atoms with Gasteiger partial charge in [-0.3, -0.25) is 0 Å². The van der Waals surface area contributed by atoms with Crippen LogP contribution in [0.4, 0.5) is 4.79 Å². The van der Waals surface area contributed by atoms with Crippen LogP contribution in [-0.2, 0) is 0 Å². The molecule has 1 saturated heterocycles. The smallest absolute Gasteiger partial charge is 0.317 e. The molecule has 1 heterocycles. The molecule has 2 aliphatic rings. The molecular formula is C21H30N2O3. The van der Waals surface area contributed by atoms with Crippen molar-refractivity contribution in [2.24, 2.45) is 0 Å². The van der Waals surface area contributed by atoms with Gasteiger partial charge in [0.15, 0.2) is 0 Å². The van der Waals surface area contributed by atoms with Crippen LogP contribution in [-0.4, -0.2) is 38.2 Å². The van der Waals surface area contributed by atoms with Crippen molar-refractivity contribution in [3.05, 3.63) is 35.4 Å². The molecule has 5 heteroatoms. The van der Waals surface area contributed by atoms with E-state index in [0.717, 1.165) is 42.9 Å². The zero-order valence-electron chi connectivity index (χ0n) is 15.9. The number of nitrogens with zero attached hydrogens (tertiary/aromatic N) is 1. The van der Waals surface area contributed by atoms with E-state index in [1.807, 2.05) is 23.1 Å². The Morgan fingerprint density at radius 2 is 2.12 bits per heavy atom. The van der Waals surface area contributed by atoms with Gasteiger partial charge in [-0.05, 0) is 57.1 Å². The van der Waals surface area contributed by atoms with Crippen LogP contribution >= 0.6 is 0 Å². The molecule has 5 nitrogen and oxygen atoms in total. The summed E-state index contributed by atoms with van der Waals surface area (Å²) < 4.78 is 10.8. The topological polar surface area (TPSA) is 50.8 Å². The molecule has 0 aromatic heterocycles. The highest BCUT2D eigenvalue weighted by Gasteiger charge is 2.31. The van der Waals surface area contributed by atoms with Gasteiger partial charge in [-0.15, -0.1) is 0 Å². The van der Waals surface area contributed by atoms with E-state index in [4.69, 9.17) is 9.47 Å². The van der Waals surface area contributed by atoms with Crippen LogP contribution in [0.3, 0.4) is 0 Å². The molecule has 1 aromatic rings. The first-order valence-corrected chi connectivity index (χ1v) is 9.67.